The van der Waals surface area contributed by atoms with Crippen molar-refractivity contribution in [2.45, 2.75) is 38.6 Å². The normalized spacial score (nSPS) is 31.2. The molecule has 2 atom stereocenters. The van der Waals surface area contributed by atoms with Crippen molar-refractivity contribution >= 4 is 11.8 Å². The average Bonchev–Trinajstić information content (AvgIpc) is 3.31. The van der Waals surface area contributed by atoms with Crippen LogP contribution in [-0.2, 0) is 9.59 Å². The Bertz CT molecular complexity index is 395. The van der Waals surface area contributed by atoms with Crippen LogP contribution in [0.5, 0.6) is 0 Å². The lowest BCUT2D eigenvalue weighted by molar-refractivity contribution is -0.143. The topological polar surface area (TPSA) is 52.7 Å². The van der Waals surface area contributed by atoms with Crippen LogP contribution >= 0.6 is 0 Å². The van der Waals surface area contributed by atoms with Gasteiger partial charge in [0.05, 0.1) is 5.92 Å². The van der Waals surface area contributed by atoms with E-state index in [1.165, 1.54) is 0 Å². The minimum absolute atomic E-state index is 0.0204. The number of amides is 2. The van der Waals surface area contributed by atoms with Crippen molar-refractivity contribution in [3.05, 3.63) is 0 Å². The standard InChI is InChI=1S/C15H25N3O2/c1-11-9-16-6-8-18(11)15(20)13-3-2-7-17(10-13)14(19)12-4-5-12/h11-13,16H,2-10H2,1H3. The van der Waals surface area contributed by atoms with E-state index in [0.29, 0.717) is 6.54 Å². The van der Waals surface area contributed by atoms with Gasteiger partial charge in [-0.05, 0) is 32.6 Å². The van der Waals surface area contributed by atoms with Gasteiger partial charge in [0.2, 0.25) is 11.8 Å². The van der Waals surface area contributed by atoms with Gasteiger partial charge in [-0.25, -0.2) is 0 Å². The maximum absolute atomic E-state index is 12.7. The number of piperidine rings is 1. The van der Waals surface area contributed by atoms with Crippen LogP contribution in [0.3, 0.4) is 0 Å². The first-order valence-corrected chi connectivity index (χ1v) is 7.97. The van der Waals surface area contributed by atoms with Gasteiger partial charge < -0.3 is 15.1 Å². The molecule has 112 valence electrons. The molecular formula is C15H25N3O2. The molecule has 2 saturated heterocycles. The molecule has 2 unspecified atom stereocenters. The van der Waals surface area contributed by atoms with Crippen LogP contribution in [0.2, 0.25) is 0 Å². The zero-order valence-corrected chi connectivity index (χ0v) is 12.3. The smallest absolute Gasteiger partial charge is 0.227 e. The fraction of sp³-hybridized carbons (Fsp3) is 0.867. The zero-order valence-electron chi connectivity index (χ0n) is 12.3. The highest BCUT2D eigenvalue weighted by Crippen LogP contribution is 2.32. The number of carbonyl (C=O) groups is 2. The van der Waals surface area contributed by atoms with Crippen molar-refractivity contribution in [2.24, 2.45) is 11.8 Å². The summed E-state index contributed by atoms with van der Waals surface area (Å²) >= 11 is 0. The Balaban J connectivity index is 1.60. The van der Waals surface area contributed by atoms with Crippen LogP contribution < -0.4 is 5.32 Å². The molecule has 1 aliphatic carbocycles. The highest BCUT2D eigenvalue weighted by Gasteiger charge is 2.38. The SMILES string of the molecule is CC1CNCCN1C(=O)C1CCCN(C(=O)C2CC2)C1. The van der Waals surface area contributed by atoms with Crippen molar-refractivity contribution in [1.82, 2.24) is 15.1 Å². The molecule has 0 aromatic heterocycles. The summed E-state index contributed by atoms with van der Waals surface area (Å²) in [6, 6.07) is 0.269. The Morgan fingerprint density at radius 2 is 1.85 bits per heavy atom. The number of nitrogens with one attached hydrogen (secondary N) is 1. The fourth-order valence-corrected chi connectivity index (χ4v) is 3.37. The van der Waals surface area contributed by atoms with Gasteiger partial charge in [0.25, 0.3) is 0 Å². The molecule has 0 bridgehead atoms. The summed E-state index contributed by atoms with van der Waals surface area (Å²) in [5, 5.41) is 3.31. The van der Waals surface area contributed by atoms with Gasteiger partial charge in [0, 0.05) is 44.7 Å². The van der Waals surface area contributed by atoms with Crippen LogP contribution in [-0.4, -0.2) is 60.4 Å². The minimum atomic E-state index is 0.0204. The molecule has 2 aliphatic heterocycles. The van der Waals surface area contributed by atoms with E-state index in [0.717, 1.165) is 51.9 Å². The van der Waals surface area contributed by atoms with Crippen LogP contribution in [0.1, 0.15) is 32.6 Å². The van der Waals surface area contributed by atoms with Gasteiger partial charge in [-0.15, -0.1) is 0 Å². The zero-order chi connectivity index (χ0) is 14.1. The Hall–Kier alpha value is -1.10. The third kappa shape index (κ3) is 2.82. The Morgan fingerprint density at radius 3 is 2.55 bits per heavy atom. The third-order valence-electron chi connectivity index (χ3n) is 4.79. The summed E-state index contributed by atoms with van der Waals surface area (Å²) in [4.78, 5) is 28.8. The van der Waals surface area contributed by atoms with Crippen LogP contribution in [0.4, 0.5) is 0 Å². The van der Waals surface area contributed by atoms with Crippen LogP contribution in [0.15, 0.2) is 0 Å². The maximum atomic E-state index is 12.7. The Morgan fingerprint density at radius 1 is 1.05 bits per heavy atom. The fourth-order valence-electron chi connectivity index (χ4n) is 3.37. The van der Waals surface area contributed by atoms with E-state index < -0.39 is 0 Å². The predicted octanol–water partition coefficient (Wildman–Crippen LogP) is 0.455. The summed E-state index contributed by atoms with van der Waals surface area (Å²) in [5.41, 5.74) is 0. The maximum Gasteiger partial charge on any atom is 0.227 e. The largest absolute Gasteiger partial charge is 0.342 e. The number of hydrogen-bond acceptors (Lipinski definition) is 3. The van der Waals surface area contributed by atoms with Gasteiger partial charge in [-0.1, -0.05) is 0 Å². The number of piperazine rings is 1. The van der Waals surface area contributed by atoms with E-state index >= 15 is 0 Å². The summed E-state index contributed by atoms with van der Waals surface area (Å²) in [7, 11) is 0. The molecule has 3 fully saturated rings. The van der Waals surface area contributed by atoms with E-state index in [1.54, 1.807) is 0 Å². The second-order valence-corrected chi connectivity index (χ2v) is 6.48. The van der Waals surface area contributed by atoms with Crippen LogP contribution in [0, 0.1) is 11.8 Å². The first-order chi connectivity index (χ1) is 9.66. The minimum Gasteiger partial charge on any atom is -0.342 e. The second kappa shape index (κ2) is 5.72. The molecule has 0 aromatic rings. The first kappa shape index (κ1) is 13.9. The van der Waals surface area contributed by atoms with Crippen molar-refractivity contribution in [2.75, 3.05) is 32.7 Å². The van der Waals surface area contributed by atoms with Crippen molar-refractivity contribution < 1.29 is 9.59 Å². The van der Waals surface area contributed by atoms with Gasteiger partial charge >= 0.3 is 0 Å². The van der Waals surface area contributed by atoms with Gasteiger partial charge in [-0.3, -0.25) is 9.59 Å². The van der Waals surface area contributed by atoms with E-state index in [1.807, 2.05) is 9.80 Å². The van der Waals surface area contributed by atoms with Crippen molar-refractivity contribution in [1.29, 1.82) is 0 Å². The molecule has 5 heteroatoms. The summed E-state index contributed by atoms with van der Waals surface area (Å²) < 4.78 is 0. The molecular weight excluding hydrogens is 254 g/mol. The number of rotatable bonds is 2. The summed E-state index contributed by atoms with van der Waals surface area (Å²) in [6.07, 6.45) is 3.99. The molecule has 0 radical (unpaired) electrons. The van der Waals surface area contributed by atoms with E-state index in [-0.39, 0.29) is 29.7 Å². The summed E-state index contributed by atoms with van der Waals surface area (Å²) in [5.74, 6) is 0.831. The molecule has 5 nitrogen and oxygen atoms in total. The molecule has 3 rings (SSSR count). The lowest BCUT2D eigenvalue weighted by atomic mass is 9.95. The molecule has 1 N–H and O–H groups in total. The van der Waals surface area contributed by atoms with Crippen molar-refractivity contribution in [3.63, 3.8) is 0 Å². The molecule has 20 heavy (non-hydrogen) atoms. The van der Waals surface area contributed by atoms with Gasteiger partial charge in [-0.2, -0.15) is 0 Å². The summed E-state index contributed by atoms with van der Waals surface area (Å²) in [6.45, 7) is 6.14. The Kier molecular flexibility index (Phi) is 3.96. The first-order valence-electron chi connectivity index (χ1n) is 7.97. The molecule has 1 saturated carbocycles. The number of carbonyl (C=O) groups excluding carboxylic acids is 2. The molecule has 3 aliphatic rings. The van der Waals surface area contributed by atoms with Crippen LogP contribution in [0.25, 0.3) is 0 Å². The molecule has 2 amide bonds. The number of nitrogens with zero attached hydrogens (tertiary/aromatic N) is 2. The van der Waals surface area contributed by atoms with E-state index in [9.17, 15) is 9.59 Å². The lowest BCUT2D eigenvalue weighted by Crippen LogP contribution is -2.56. The highest BCUT2D eigenvalue weighted by atomic mass is 16.2. The van der Waals surface area contributed by atoms with Crippen molar-refractivity contribution in [3.8, 4) is 0 Å². The quantitative estimate of drug-likeness (QED) is 0.799. The Labute approximate surface area is 120 Å². The van der Waals surface area contributed by atoms with E-state index in [2.05, 4.69) is 12.2 Å². The van der Waals surface area contributed by atoms with Gasteiger partial charge in [0.1, 0.15) is 0 Å². The van der Waals surface area contributed by atoms with Gasteiger partial charge in [0.15, 0.2) is 0 Å². The predicted molar refractivity (Wildman–Crippen MR) is 76.1 cm³/mol. The molecule has 0 aromatic carbocycles. The average molecular weight is 279 g/mol. The number of likely N-dealkylation sites (tertiary alicyclic amines) is 1. The molecule has 2 heterocycles. The monoisotopic (exact) mass is 279 g/mol. The lowest BCUT2D eigenvalue weighted by Gasteiger charge is -2.39. The van der Waals surface area contributed by atoms with E-state index in [4.69, 9.17) is 0 Å². The molecule has 0 spiro atoms. The third-order valence-corrected chi connectivity index (χ3v) is 4.79. The highest BCUT2D eigenvalue weighted by molar-refractivity contribution is 5.83. The second-order valence-electron chi connectivity index (χ2n) is 6.48. The number of hydrogen-bond donors (Lipinski definition) is 1.